The zero-order valence-electron chi connectivity index (χ0n) is 8.58. The average Bonchev–Trinajstić information content (AvgIpc) is 2.25. The molecule has 0 fully saturated rings. The maximum absolute atomic E-state index is 9.48. The van der Waals surface area contributed by atoms with E-state index in [-0.39, 0.29) is 6.54 Å². The fourth-order valence-electron chi connectivity index (χ4n) is 1.06. The summed E-state index contributed by atoms with van der Waals surface area (Å²) in [5, 5.41) is 12.4. The van der Waals surface area contributed by atoms with Crippen molar-refractivity contribution in [3.63, 3.8) is 0 Å². The van der Waals surface area contributed by atoms with Crippen LogP contribution in [0.5, 0.6) is 5.75 Å². The summed E-state index contributed by atoms with van der Waals surface area (Å²) in [4.78, 5) is 0. The second-order valence-corrected chi connectivity index (χ2v) is 5.54. The molecular formula is C10H12Cl3NO2. The van der Waals surface area contributed by atoms with Gasteiger partial charge in [0.1, 0.15) is 11.9 Å². The van der Waals surface area contributed by atoms with Crippen LogP contribution in [0.2, 0.25) is 0 Å². The van der Waals surface area contributed by atoms with E-state index in [1.165, 1.54) is 0 Å². The Balaban J connectivity index is 2.54. The van der Waals surface area contributed by atoms with Crippen molar-refractivity contribution < 1.29 is 9.84 Å². The Bertz CT molecular complexity index is 341. The number of benzene rings is 1. The maximum atomic E-state index is 9.48. The zero-order valence-corrected chi connectivity index (χ0v) is 10.9. The molecule has 1 rings (SSSR count). The van der Waals surface area contributed by atoms with Gasteiger partial charge in [-0.05, 0) is 12.1 Å². The van der Waals surface area contributed by atoms with Crippen LogP contribution in [0.3, 0.4) is 0 Å². The molecule has 1 aromatic rings. The van der Waals surface area contributed by atoms with Gasteiger partial charge in [-0.15, -0.1) is 0 Å². The normalized spacial score (nSPS) is 13.3. The molecule has 0 bridgehead atoms. The molecule has 1 unspecified atom stereocenters. The Morgan fingerprint density at radius 2 is 2.12 bits per heavy atom. The van der Waals surface area contributed by atoms with Crippen LogP contribution >= 0.6 is 34.8 Å². The lowest BCUT2D eigenvalue weighted by molar-refractivity contribution is 0.192. The molecule has 0 aromatic heterocycles. The molecule has 6 heteroatoms. The number of ether oxygens (including phenoxy) is 1. The Kier molecular flexibility index (Phi) is 4.99. The first-order valence-electron chi connectivity index (χ1n) is 4.56. The smallest absolute Gasteiger partial charge is 0.217 e. The van der Waals surface area contributed by atoms with E-state index < -0.39 is 9.90 Å². The lowest BCUT2D eigenvalue weighted by atomic mass is 10.3. The van der Waals surface area contributed by atoms with Crippen molar-refractivity contribution in [3.8, 4) is 5.75 Å². The van der Waals surface area contributed by atoms with Crippen molar-refractivity contribution in [3.05, 3.63) is 24.3 Å². The number of aliphatic hydroxyl groups is 1. The highest BCUT2D eigenvalue weighted by atomic mass is 35.6. The quantitative estimate of drug-likeness (QED) is 0.836. The van der Waals surface area contributed by atoms with Gasteiger partial charge in [0.2, 0.25) is 3.79 Å². The third-order valence-corrected chi connectivity index (χ3v) is 2.70. The number of alkyl halides is 3. The standard InChI is InChI=1S/C10H12Cl3NO2/c1-16-8-4-2-3-7(5-8)14-6-9(15)10(11,12)13/h2-5,9,14-15H,6H2,1H3. The van der Waals surface area contributed by atoms with Crippen LogP contribution in [-0.2, 0) is 0 Å². The lowest BCUT2D eigenvalue weighted by Gasteiger charge is -2.19. The van der Waals surface area contributed by atoms with E-state index in [0.29, 0.717) is 5.75 Å². The van der Waals surface area contributed by atoms with Gasteiger partial charge in [0.15, 0.2) is 0 Å². The average molecular weight is 285 g/mol. The van der Waals surface area contributed by atoms with Gasteiger partial charge in [0.05, 0.1) is 7.11 Å². The summed E-state index contributed by atoms with van der Waals surface area (Å²) in [7, 11) is 1.58. The van der Waals surface area contributed by atoms with Gasteiger partial charge in [-0.3, -0.25) is 0 Å². The van der Waals surface area contributed by atoms with Gasteiger partial charge < -0.3 is 15.2 Å². The summed E-state index contributed by atoms with van der Waals surface area (Å²) in [5.41, 5.74) is 0.785. The molecule has 3 nitrogen and oxygen atoms in total. The van der Waals surface area contributed by atoms with E-state index >= 15 is 0 Å². The Morgan fingerprint density at radius 1 is 1.44 bits per heavy atom. The van der Waals surface area contributed by atoms with Crippen molar-refractivity contribution in [1.29, 1.82) is 0 Å². The van der Waals surface area contributed by atoms with Crippen LogP contribution in [0.4, 0.5) is 5.69 Å². The highest BCUT2D eigenvalue weighted by Crippen LogP contribution is 2.30. The van der Waals surface area contributed by atoms with Crippen molar-refractivity contribution in [2.45, 2.75) is 9.90 Å². The number of hydrogen-bond acceptors (Lipinski definition) is 3. The molecule has 0 radical (unpaired) electrons. The van der Waals surface area contributed by atoms with Crippen molar-refractivity contribution in [1.82, 2.24) is 0 Å². The summed E-state index contributed by atoms with van der Waals surface area (Å²) < 4.78 is 3.36. The van der Waals surface area contributed by atoms with Crippen LogP contribution in [0.1, 0.15) is 0 Å². The monoisotopic (exact) mass is 283 g/mol. The van der Waals surface area contributed by atoms with Crippen molar-refractivity contribution in [2.75, 3.05) is 19.0 Å². The zero-order chi connectivity index (χ0) is 12.2. The van der Waals surface area contributed by atoms with Crippen LogP contribution in [0, 0.1) is 0 Å². The molecule has 0 saturated heterocycles. The number of rotatable bonds is 4. The fourth-order valence-corrected chi connectivity index (χ4v) is 1.29. The number of hydrogen-bond donors (Lipinski definition) is 2. The molecule has 0 aliphatic rings. The van der Waals surface area contributed by atoms with E-state index in [1.807, 2.05) is 18.2 Å². The molecule has 0 aliphatic carbocycles. The van der Waals surface area contributed by atoms with Gasteiger partial charge in [0.25, 0.3) is 0 Å². The first kappa shape index (κ1) is 13.7. The number of aliphatic hydroxyl groups excluding tert-OH is 1. The van der Waals surface area contributed by atoms with E-state index in [0.717, 1.165) is 5.69 Å². The molecule has 0 amide bonds. The summed E-state index contributed by atoms with van der Waals surface area (Å²) >= 11 is 16.6. The SMILES string of the molecule is COc1cccc(NCC(O)C(Cl)(Cl)Cl)c1. The van der Waals surface area contributed by atoms with Crippen LogP contribution in [0.15, 0.2) is 24.3 Å². The third kappa shape index (κ3) is 4.26. The molecule has 0 saturated carbocycles. The minimum atomic E-state index is -1.69. The van der Waals surface area contributed by atoms with Gasteiger partial charge in [-0.25, -0.2) is 0 Å². The van der Waals surface area contributed by atoms with Gasteiger partial charge in [-0.1, -0.05) is 40.9 Å². The van der Waals surface area contributed by atoms with Crippen molar-refractivity contribution in [2.24, 2.45) is 0 Å². The number of nitrogens with one attached hydrogen (secondary N) is 1. The largest absolute Gasteiger partial charge is 0.497 e. The van der Waals surface area contributed by atoms with Crippen LogP contribution in [-0.4, -0.2) is 28.7 Å². The predicted molar refractivity (Wildman–Crippen MR) is 67.8 cm³/mol. The molecule has 0 aliphatic heterocycles. The van der Waals surface area contributed by atoms with Gasteiger partial charge in [0, 0.05) is 18.3 Å². The van der Waals surface area contributed by atoms with E-state index in [1.54, 1.807) is 13.2 Å². The minimum absolute atomic E-state index is 0.143. The Morgan fingerprint density at radius 3 is 2.69 bits per heavy atom. The number of methoxy groups -OCH3 is 1. The predicted octanol–water partition coefficient (Wildman–Crippen LogP) is 2.84. The van der Waals surface area contributed by atoms with E-state index in [4.69, 9.17) is 39.5 Å². The summed E-state index contributed by atoms with van der Waals surface area (Å²) in [5.74, 6) is 0.716. The van der Waals surface area contributed by atoms with E-state index in [2.05, 4.69) is 5.32 Å². The number of halogens is 3. The van der Waals surface area contributed by atoms with E-state index in [9.17, 15) is 5.11 Å². The molecular weight excluding hydrogens is 272 g/mol. The highest BCUT2D eigenvalue weighted by Gasteiger charge is 2.30. The molecule has 90 valence electrons. The molecule has 1 atom stereocenters. The van der Waals surface area contributed by atoms with Crippen LogP contribution < -0.4 is 10.1 Å². The Hall–Kier alpha value is -0.350. The first-order valence-corrected chi connectivity index (χ1v) is 5.69. The maximum Gasteiger partial charge on any atom is 0.217 e. The topological polar surface area (TPSA) is 41.5 Å². The fraction of sp³-hybridized carbons (Fsp3) is 0.400. The number of anilines is 1. The molecule has 1 aromatic carbocycles. The van der Waals surface area contributed by atoms with Crippen molar-refractivity contribution >= 4 is 40.5 Å². The lowest BCUT2D eigenvalue weighted by Crippen LogP contribution is -2.32. The van der Waals surface area contributed by atoms with Gasteiger partial charge in [-0.2, -0.15) is 0 Å². The third-order valence-electron chi connectivity index (χ3n) is 1.95. The highest BCUT2D eigenvalue weighted by molar-refractivity contribution is 6.68. The summed E-state index contributed by atoms with van der Waals surface area (Å²) in [6, 6.07) is 7.25. The second kappa shape index (κ2) is 5.82. The molecule has 2 N–H and O–H groups in total. The Labute approximate surface area is 109 Å². The molecule has 0 spiro atoms. The minimum Gasteiger partial charge on any atom is -0.497 e. The van der Waals surface area contributed by atoms with Crippen LogP contribution in [0.25, 0.3) is 0 Å². The summed E-state index contributed by atoms with van der Waals surface area (Å²) in [6.07, 6.45) is -1.08. The first-order chi connectivity index (χ1) is 7.43. The molecule has 0 heterocycles. The molecule has 16 heavy (non-hydrogen) atoms. The summed E-state index contributed by atoms with van der Waals surface area (Å²) in [6.45, 7) is 0.143. The second-order valence-electron chi connectivity index (χ2n) is 3.17. The van der Waals surface area contributed by atoms with Gasteiger partial charge >= 0.3 is 0 Å².